The summed E-state index contributed by atoms with van der Waals surface area (Å²) >= 11 is 0. The third-order valence-electron chi connectivity index (χ3n) is 9.18. The summed E-state index contributed by atoms with van der Waals surface area (Å²) in [7, 11) is 0. The van der Waals surface area contributed by atoms with Gasteiger partial charge in [-0.1, -0.05) is 26.8 Å². The Morgan fingerprint density at radius 3 is 2.74 bits per heavy atom. The van der Waals surface area contributed by atoms with Gasteiger partial charge >= 0.3 is 0 Å². The molecule has 2 aliphatic heterocycles. The van der Waals surface area contributed by atoms with Crippen molar-refractivity contribution in [3.63, 3.8) is 0 Å². The molecule has 0 aromatic carbocycles. The third kappa shape index (κ3) is 2.03. The first kappa shape index (κ1) is 17.2. The molecule has 2 heterocycles. The zero-order valence-corrected chi connectivity index (χ0v) is 16.9. The summed E-state index contributed by atoms with van der Waals surface area (Å²) in [5.74, 6) is 1.58. The summed E-state index contributed by atoms with van der Waals surface area (Å²) in [4.78, 5) is 24.1. The number of ether oxygens (including phenoxy) is 1. The first-order valence-electron chi connectivity index (χ1n) is 11.0. The first-order chi connectivity index (χ1) is 12.7. The van der Waals surface area contributed by atoms with Crippen LogP contribution >= 0.6 is 0 Å². The lowest BCUT2D eigenvalue weighted by molar-refractivity contribution is -0.411. The van der Waals surface area contributed by atoms with Crippen LogP contribution in [0, 0.1) is 22.7 Å². The van der Waals surface area contributed by atoms with Crippen LogP contribution in [0.25, 0.3) is 0 Å². The number of allylic oxidation sites excluding steroid dienone is 1. The standard InChI is InChI=1S/C23H32O4/c1-19(2)12-21(27-25-14-19)10-11-23-17-7-8-20(3)16(4-5-18(20)24)15(17)6-9-22(23,13-21)26-23/h7,15-16H,4-6,8-14H2,1-3H3/t15-,16-,20+,21?,22+,23+/m0/s1. The highest BCUT2D eigenvalue weighted by Gasteiger charge is 2.79. The van der Waals surface area contributed by atoms with E-state index in [9.17, 15) is 4.79 Å². The minimum absolute atomic E-state index is 0.0410. The first-order valence-corrected chi connectivity index (χ1v) is 11.0. The fourth-order valence-corrected chi connectivity index (χ4v) is 7.98. The molecule has 1 unspecified atom stereocenters. The van der Waals surface area contributed by atoms with Crippen molar-refractivity contribution in [2.24, 2.45) is 22.7 Å². The maximum Gasteiger partial charge on any atom is 0.139 e. The Kier molecular flexibility index (Phi) is 3.10. The topological polar surface area (TPSA) is 48.1 Å². The minimum atomic E-state index is -0.179. The molecule has 0 N–H and O–H groups in total. The lowest BCUT2D eigenvalue weighted by Crippen LogP contribution is -2.55. The normalized spacial score (nSPS) is 55.2. The van der Waals surface area contributed by atoms with Crippen LogP contribution in [0.1, 0.15) is 78.6 Å². The predicted octanol–water partition coefficient (Wildman–Crippen LogP) is 4.52. The van der Waals surface area contributed by atoms with E-state index in [1.165, 1.54) is 6.42 Å². The van der Waals surface area contributed by atoms with Crippen LogP contribution in [-0.4, -0.2) is 29.2 Å². The van der Waals surface area contributed by atoms with Gasteiger partial charge < -0.3 is 4.74 Å². The van der Waals surface area contributed by atoms with E-state index >= 15 is 0 Å². The number of carbonyl (C=O) groups is 1. The van der Waals surface area contributed by atoms with E-state index in [0.29, 0.717) is 24.2 Å². The average Bonchev–Trinajstić information content (AvgIpc) is 3.18. The van der Waals surface area contributed by atoms with E-state index in [-0.39, 0.29) is 27.6 Å². The molecule has 0 bridgehead atoms. The number of hydrogen-bond donors (Lipinski definition) is 0. The molecule has 6 rings (SSSR count). The number of rotatable bonds is 0. The average molecular weight is 373 g/mol. The van der Waals surface area contributed by atoms with Crippen LogP contribution in [-0.2, 0) is 19.3 Å². The number of fused-ring (bicyclic) bond motifs is 3. The molecule has 0 aromatic rings. The van der Waals surface area contributed by atoms with Crippen LogP contribution in [0.15, 0.2) is 11.6 Å². The van der Waals surface area contributed by atoms with Gasteiger partial charge in [0.15, 0.2) is 0 Å². The molecule has 0 radical (unpaired) electrons. The lowest BCUT2D eigenvalue weighted by atomic mass is 9.53. The Bertz CT molecular complexity index is 755. The number of Topliss-reactive ketones (excluding diaryl/α,β-unsaturated/α-hetero) is 1. The molecular weight excluding hydrogens is 340 g/mol. The van der Waals surface area contributed by atoms with Gasteiger partial charge in [-0.05, 0) is 67.8 Å². The fraction of sp³-hybridized carbons (Fsp3) is 0.870. The summed E-state index contributed by atoms with van der Waals surface area (Å²) in [6.45, 7) is 7.46. The maximum absolute atomic E-state index is 12.5. The smallest absolute Gasteiger partial charge is 0.139 e. The van der Waals surface area contributed by atoms with Crippen molar-refractivity contribution >= 4 is 5.78 Å². The quantitative estimate of drug-likeness (QED) is 0.356. The number of epoxide rings is 1. The summed E-state index contributed by atoms with van der Waals surface area (Å²) < 4.78 is 6.70. The Morgan fingerprint density at radius 1 is 1.07 bits per heavy atom. The highest BCUT2D eigenvalue weighted by molar-refractivity contribution is 5.87. The van der Waals surface area contributed by atoms with E-state index in [0.717, 1.165) is 51.4 Å². The molecule has 27 heavy (non-hydrogen) atoms. The van der Waals surface area contributed by atoms with Crippen molar-refractivity contribution < 1.29 is 19.3 Å². The van der Waals surface area contributed by atoms with Gasteiger partial charge in [-0.3, -0.25) is 4.79 Å². The molecule has 0 aromatic heterocycles. The largest absolute Gasteiger partial charge is 0.358 e. The number of carbonyl (C=O) groups excluding carboxylic acids is 1. The Hall–Kier alpha value is -0.710. The zero-order valence-electron chi connectivity index (χ0n) is 16.9. The summed E-state index contributed by atoms with van der Waals surface area (Å²) in [6, 6.07) is 0. The van der Waals surface area contributed by atoms with Crippen LogP contribution in [0.5, 0.6) is 0 Å². The monoisotopic (exact) mass is 372 g/mol. The molecule has 5 fully saturated rings. The van der Waals surface area contributed by atoms with Crippen molar-refractivity contribution in [2.45, 2.75) is 95.4 Å². The van der Waals surface area contributed by atoms with Gasteiger partial charge in [0, 0.05) is 18.3 Å². The fourth-order valence-electron chi connectivity index (χ4n) is 7.98. The molecule has 3 saturated carbocycles. The molecule has 4 nitrogen and oxygen atoms in total. The van der Waals surface area contributed by atoms with Crippen molar-refractivity contribution in [1.82, 2.24) is 0 Å². The van der Waals surface area contributed by atoms with E-state index in [1.807, 2.05) is 0 Å². The van der Waals surface area contributed by atoms with Crippen molar-refractivity contribution in [1.29, 1.82) is 0 Å². The minimum Gasteiger partial charge on any atom is -0.358 e. The van der Waals surface area contributed by atoms with Gasteiger partial charge in [0.1, 0.15) is 22.6 Å². The van der Waals surface area contributed by atoms with E-state index in [2.05, 4.69) is 26.8 Å². The van der Waals surface area contributed by atoms with Gasteiger partial charge in [-0.15, -0.1) is 0 Å². The molecule has 6 aliphatic rings. The van der Waals surface area contributed by atoms with Crippen LogP contribution in [0.4, 0.5) is 0 Å². The second kappa shape index (κ2) is 4.88. The Labute approximate surface area is 161 Å². The van der Waals surface area contributed by atoms with Crippen LogP contribution in [0.3, 0.4) is 0 Å². The molecule has 0 amide bonds. The second-order valence-corrected chi connectivity index (χ2v) is 11.5. The Morgan fingerprint density at radius 2 is 1.93 bits per heavy atom. The molecule has 1 spiro atoms. The number of ketones is 1. The van der Waals surface area contributed by atoms with E-state index < -0.39 is 0 Å². The number of hydrogen-bond acceptors (Lipinski definition) is 4. The second-order valence-electron chi connectivity index (χ2n) is 11.5. The highest BCUT2D eigenvalue weighted by Crippen LogP contribution is 2.73. The van der Waals surface area contributed by atoms with E-state index in [1.54, 1.807) is 5.57 Å². The van der Waals surface area contributed by atoms with Gasteiger partial charge in [0.25, 0.3) is 0 Å². The van der Waals surface area contributed by atoms with Gasteiger partial charge in [0.2, 0.25) is 0 Å². The SMILES string of the molecule is CC1(C)COOC2(CC[C@]34O[C@]3(CC[C@@H]3C4=CC[C@@]4(C)C(=O)CC[C@@H]34)C2)C1. The lowest BCUT2D eigenvalue weighted by Gasteiger charge is -2.51. The Balaban J connectivity index is 1.32. The molecule has 4 heteroatoms. The van der Waals surface area contributed by atoms with Crippen molar-refractivity contribution in [3.05, 3.63) is 11.6 Å². The van der Waals surface area contributed by atoms with Crippen molar-refractivity contribution in [3.8, 4) is 0 Å². The van der Waals surface area contributed by atoms with Crippen LogP contribution < -0.4 is 0 Å². The summed E-state index contributed by atoms with van der Waals surface area (Å²) in [5.41, 5.74) is 1.33. The highest BCUT2D eigenvalue weighted by atomic mass is 17.2. The molecule has 148 valence electrons. The summed E-state index contributed by atoms with van der Waals surface area (Å²) in [6.07, 6.45) is 11.6. The maximum atomic E-state index is 12.5. The third-order valence-corrected chi connectivity index (χ3v) is 9.18. The molecular formula is C23H32O4. The van der Waals surface area contributed by atoms with Gasteiger partial charge in [-0.2, -0.15) is 0 Å². The summed E-state index contributed by atoms with van der Waals surface area (Å²) in [5, 5.41) is 0. The zero-order chi connectivity index (χ0) is 18.7. The van der Waals surface area contributed by atoms with Gasteiger partial charge in [0.05, 0.1) is 6.61 Å². The molecule has 2 saturated heterocycles. The molecule has 4 aliphatic carbocycles. The van der Waals surface area contributed by atoms with Crippen LogP contribution in [0.2, 0.25) is 0 Å². The van der Waals surface area contributed by atoms with Crippen molar-refractivity contribution in [2.75, 3.05) is 6.61 Å². The van der Waals surface area contributed by atoms with E-state index in [4.69, 9.17) is 14.5 Å². The predicted molar refractivity (Wildman–Crippen MR) is 99.8 cm³/mol. The van der Waals surface area contributed by atoms with Gasteiger partial charge in [-0.25, -0.2) is 9.78 Å². The molecule has 6 atom stereocenters.